The van der Waals surface area contributed by atoms with Crippen LogP contribution < -0.4 is 5.73 Å². The number of imide groups is 1. The molecule has 2 N–H and O–H groups in total. The lowest BCUT2D eigenvalue weighted by Crippen LogP contribution is -2.48. The summed E-state index contributed by atoms with van der Waals surface area (Å²) in [5, 5.41) is 0. The lowest BCUT2D eigenvalue weighted by atomic mass is 10.2. The van der Waals surface area contributed by atoms with Crippen molar-refractivity contribution in [2.24, 2.45) is 5.73 Å². The van der Waals surface area contributed by atoms with Gasteiger partial charge < -0.3 is 10.5 Å². The van der Waals surface area contributed by atoms with E-state index >= 15 is 0 Å². The number of hydrogen-bond acceptors (Lipinski definition) is 5. The number of amides is 2. The van der Waals surface area contributed by atoms with Crippen molar-refractivity contribution in [3.8, 4) is 0 Å². The van der Waals surface area contributed by atoms with Crippen LogP contribution in [0.5, 0.6) is 0 Å². The highest BCUT2D eigenvalue weighted by Gasteiger charge is 2.29. The van der Waals surface area contributed by atoms with E-state index in [1.807, 2.05) is 0 Å². The molecule has 0 aromatic rings. The second kappa shape index (κ2) is 5.57. The molecule has 0 aromatic heterocycles. The Labute approximate surface area is 101 Å². The molecule has 0 aromatic carbocycles. The van der Waals surface area contributed by atoms with Crippen molar-refractivity contribution in [3.05, 3.63) is 0 Å². The zero-order valence-electron chi connectivity index (χ0n) is 9.93. The molecule has 17 heavy (non-hydrogen) atoms. The van der Waals surface area contributed by atoms with E-state index in [0.717, 1.165) is 19.6 Å². The van der Waals surface area contributed by atoms with Crippen LogP contribution in [0, 0.1) is 0 Å². The predicted octanol–water partition coefficient (Wildman–Crippen LogP) is -1.21. The van der Waals surface area contributed by atoms with Gasteiger partial charge in [0.15, 0.2) is 0 Å². The van der Waals surface area contributed by atoms with Crippen LogP contribution in [-0.4, -0.2) is 67.0 Å². The maximum atomic E-state index is 11.4. The molecule has 2 saturated heterocycles. The first-order chi connectivity index (χ1) is 8.20. The highest BCUT2D eigenvalue weighted by atomic mass is 16.5. The van der Waals surface area contributed by atoms with Crippen LogP contribution in [0.3, 0.4) is 0 Å². The van der Waals surface area contributed by atoms with E-state index < -0.39 is 0 Å². The summed E-state index contributed by atoms with van der Waals surface area (Å²) in [7, 11) is 0. The fourth-order valence-electron chi connectivity index (χ4n) is 2.24. The number of carbonyl (C=O) groups is 2. The van der Waals surface area contributed by atoms with E-state index in [1.54, 1.807) is 0 Å². The monoisotopic (exact) mass is 241 g/mol. The van der Waals surface area contributed by atoms with Crippen LogP contribution in [0.2, 0.25) is 0 Å². The number of rotatable bonds is 4. The van der Waals surface area contributed by atoms with Gasteiger partial charge in [-0.1, -0.05) is 0 Å². The summed E-state index contributed by atoms with van der Waals surface area (Å²) < 4.78 is 5.46. The molecule has 6 nitrogen and oxygen atoms in total. The van der Waals surface area contributed by atoms with Crippen molar-refractivity contribution in [1.82, 2.24) is 9.80 Å². The Balaban J connectivity index is 1.77. The molecular formula is C11H19N3O3. The number of likely N-dealkylation sites (tertiary alicyclic amines) is 1. The van der Waals surface area contributed by atoms with E-state index in [4.69, 9.17) is 10.5 Å². The summed E-state index contributed by atoms with van der Waals surface area (Å²) in [6.07, 6.45) is 0.814. The van der Waals surface area contributed by atoms with Gasteiger partial charge in [-0.05, 0) is 0 Å². The molecule has 2 fully saturated rings. The molecule has 0 aliphatic carbocycles. The zero-order valence-corrected chi connectivity index (χ0v) is 9.93. The van der Waals surface area contributed by atoms with Crippen molar-refractivity contribution in [1.29, 1.82) is 0 Å². The standard InChI is InChI=1S/C11H19N3O3/c12-7-9-8-13(5-6-17-9)3-4-14-10(15)1-2-11(14)16/h9H,1-8,12H2. The molecule has 2 aliphatic rings. The second-order valence-electron chi connectivity index (χ2n) is 4.47. The van der Waals surface area contributed by atoms with Crippen molar-refractivity contribution in [2.75, 3.05) is 39.3 Å². The van der Waals surface area contributed by atoms with Gasteiger partial charge in [0.25, 0.3) is 0 Å². The van der Waals surface area contributed by atoms with Gasteiger partial charge in [-0.3, -0.25) is 19.4 Å². The lowest BCUT2D eigenvalue weighted by molar-refractivity contribution is -0.138. The minimum absolute atomic E-state index is 0.0429. The van der Waals surface area contributed by atoms with E-state index in [9.17, 15) is 9.59 Å². The number of ether oxygens (including phenoxy) is 1. The van der Waals surface area contributed by atoms with Gasteiger partial charge in [-0.15, -0.1) is 0 Å². The maximum Gasteiger partial charge on any atom is 0.229 e. The van der Waals surface area contributed by atoms with Crippen molar-refractivity contribution < 1.29 is 14.3 Å². The molecule has 6 heteroatoms. The number of nitrogens with zero attached hydrogens (tertiary/aromatic N) is 2. The average molecular weight is 241 g/mol. The summed E-state index contributed by atoms with van der Waals surface area (Å²) in [6.45, 7) is 4.02. The fourth-order valence-corrected chi connectivity index (χ4v) is 2.24. The van der Waals surface area contributed by atoms with Gasteiger partial charge >= 0.3 is 0 Å². The minimum atomic E-state index is -0.0429. The smallest absolute Gasteiger partial charge is 0.229 e. The minimum Gasteiger partial charge on any atom is -0.374 e. The van der Waals surface area contributed by atoms with Gasteiger partial charge in [0.2, 0.25) is 11.8 Å². The van der Waals surface area contributed by atoms with Gasteiger partial charge in [0, 0.05) is 45.6 Å². The Bertz CT molecular complexity index is 292. The largest absolute Gasteiger partial charge is 0.374 e. The van der Waals surface area contributed by atoms with Crippen molar-refractivity contribution in [3.63, 3.8) is 0 Å². The highest BCUT2D eigenvalue weighted by Crippen LogP contribution is 2.12. The third-order valence-corrected chi connectivity index (χ3v) is 3.28. The van der Waals surface area contributed by atoms with Crippen LogP contribution in [0.4, 0.5) is 0 Å². The average Bonchev–Trinajstić information content (AvgIpc) is 2.67. The van der Waals surface area contributed by atoms with E-state index in [1.165, 1.54) is 4.90 Å². The maximum absolute atomic E-state index is 11.4. The summed E-state index contributed by atoms with van der Waals surface area (Å²) >= 11 is 0. The Morgan fingerprint density at radius 3 is 2.59 bits per heavy atom. The molecule has 2 amide bonds. The van der Waals surface area contributed by atoms with Gasteiger partial charge in [-0.25, -0.2) is 0 Å². The van der Waals surface area contributed by atoms with Gasteiger partial charge in [0.1, 0.15) is 0 Å². The van der Waals surface area contributed by atoms with Crippen LogP contribution in [0.25, 0.3) is 0 Å². The molecule has 2 rings (SSSR count). The number of hydrogen-bond donors (Lipinski definition) is 1. The molecule has 0 spiro atoms. The van der Waals surface area contributed by atoms with E-state index in [2.05, 4.69) is 4.90 Å². The highest BCUT2D eigenvalue weighted by molar-refractivity contribution is 6.01. The van der Waals surface area contributed by atoms with Crippen LogP contribution in [-0.2, 0) is 14.3 Å². The van der Waals surface area contributed by atoms with Crippen LogP contribution in [0.15, 0.2) is 0 Å². The normalized spacial score (nSPS) is 26.9. The molecule has 0 bridgehead atoms. The molecular weight excluding hydrogens is 222 g/mol. The number of morpholine rings is 1. The number of carbonyl (C=O) groups excluding carboxylic acids is 2. The van der Waals surface area contributed by atoms with Gasteiger partial charge in [-0.2, -0.15) is 0 Å². The summed E-state index contributed by atoms with van der Waals surface area (Å²) in [5.41, 5.74) is 5.56. The topological polar surface area (TPSA) is 75.9 Å². The predicted molar refractivity (Wildman–Crippen MR) is 61.2 cm³/mol. The van der Waals surface area contributed by atoms with E-state index in [-0.39, 0.29) is 17.9 Å². The molecule has 0 saturated carbocycles. The third-order valence-electron chi connectivity index (χ3n) is 3.28. The quantitative estimate of drug-likeness (QED) is 0.625. The van der Waals surface area contributed by atoms with Crippen LogP contribution in [0.1, 0.15) is 12.8 Å². The van der Waals surface area contributed by atoms with E-state index in [0.29, 0.717) is 32.5 Å². The first-order valence-electron chi connectivity index (χ1n) is 6.08. The summed E-state index contributed by atoms with van der Waals surface area (Å²) in [4.78, 5) is 26.4. The first kappa shape index (κ1) is 12.5. The molecule has 2 heterocycles. The Kier molecular flexibility index (Phi) is 4.09. The molecule has 1 unspecified atom stereocenters. The van der Waals surface area contributed by atoms with Crippen molar-refractivity contribution >= 4 is 11.8 Å². The third kappa shape index (κ3) is 3.02. The molecule has 2 aliphatic heterocycles. The zero-order chi connectivity index (χ0) is 12.3. The summed E-state index contributed by atoms with van der Waals surface area (Å²) in [5.74, 6) is -0.0859. The number of nitrogens with two attached hydrogens (primary N) is 1. The molecule has 96 valence electrons. The Morgan fingerprint density at radius 2 is 1.94 bits per heavy atom. The fraction of sp³-hybridized carbons (Fsp3) is 0.818. The SMILES string of the molecule is NCC1CN(CCN2C(=O)CCC2=O)CCO1. The Hall–Kier alpha value is -0.980. The lowest BCUT2D eigenvalue weighted by Gasteiger charge is -2.33. The summed E-state index contributed by atoms with van der Waals surface area (Å²) in [6, 6.07) is 0. The Morgan fingerprint density at radius 1 is 1.24 bits per heavy atom. The van der Waals surface area contributed by atoms with Crippen LogP contribution >= 0.6 is 0 Å². The van der Waals surface area contributed by atoms with Crippen molar-refractivity contribution in [2.45, 2.75) is 18.9 Å². The van der Waals surface area contributed by atoms with Gasteiger partial charge in [0.05, 0.1) is 12.7 Å². The first-order valence-corrected chi connectivity index (χ1v) is 6.08. The molecule has 1 atom stereocenters. The second-order valence-corrected chi connectivity index (χ2v) is 4.47. The molecule has 0 radical (unpaired) electrons.